The zero-order valence-electron chi connectivity index (χ0n) is 13.5. The van der Waals surface area contributed by atoms with Gasteiger partial charge >= 0.3 is 0 Å². The Bertz CT molecular complexity index is 442. The maximum Gasteiger partial charge on any atom is 0.237 e. The Kier molecular flexibility index (Phi) is 5.80. The maximum atomic E-state index is 12.6. The van der Waals surface area contributed by atoms with Gasteiger partial charge in [0.15, 0.2) is 0 Å². The van der Waals surface area contributed by atoms with E-state index >= 15 is 0 Å². The van der Waals surface area contributed by atoms with Gasteiger partial charge in [-0.2, -0.15) is 0 Å². The van der Waals surface area contributed by atoms with Gasteiger partial charge in [0.1, 0.15) is 0 Å². The molecule has 21 heavy (non-hydrogen) atoms. The van der Waals surface area contributed by atoms with Crippen LogP contribution in [0.1, 0.15) is 45.6 Å². The molecule has 0 radical (unpaired) electrons. The monoisotopic (exact) mass is 288 g/mol. The van der Waals surface area contributed by atoms with E-state index in [2.05, 4.69) is 43.1 Å². The van der Waals surface area contributed by atoms with E-state index in [0.29, 0.717) is 24.5 Å². The van der Waals surface area contributed by atoms with Crippen LogP contribution in [0.3, 0.4) is 0 Å². The second-order valence-corrected chi connectivity index (χ2v) is 6.28. The van der Waals surface area contributed by atoms with E-state index in [1.54, 1.807) is 0 Å². The first-order valence-electron chi connectivity index (χ1n) is 8.18. The lowest BCUT2D eigenvalue weighted by molar-refractivity contribution is -0.133. The third-order valence-corrected chi connectivity index (χ3v) is 4.53. The van der Waals surface area contributed by atoms with Gasteiger partial charge in [-0.25, -0.2) is 0 Å². The van der Waals surface area contributed by atoms with E-state index in [9.17, 15) is 4.79 Å². The number of amides is 1. The molecule has 0 spiro atoms. The second kappa shape index (κ2) is 7.60. The lowest BCUT2D eigenvalue weighted by Gasteiger charge is -2.30. The molecule has 3 heteroatoms. The molecule has 0 bridgehead atoms. The summed E-state index contributed by atoms with van der Waals surface area (Å²) >= 11 is 0. The molecule has 2 rings (SSSR count). The molecule has 1 saturated carbocycles. The molecule has 1 aliphatic rings. The fourth-order valence-corrected chi connectivity index (χ4v) is 2.58. The highest BCUT2D eigenvalue weighted by Crippen LogP contribution is 2.35. The summed E-state index contributed by atoms with van der Waals surface area (Å²) in [5.41, 5.74) is 1.21. The molecule has 2 atom stereocenters. The molecule has 2 unspecified atom stereocenters. The summed E-state index contributed by atoms with van der Waals surface area (Å²) in [6.07, 6.45) is 3.57. The minimum Gasteiger partial charge on any atom is -0.334 e. The summed E-state index contributed by atoms with van der Waals surface area (Å²) < 4.78 is 0. The van der Waals surface area contributed by atoms with Gasteiger partial charge < -0.3 is 10.2 Å². The number of nitrogens with one attached hydrogen (secondary N) is 1. The molecule has 0 saturated heterocycles. The molecule has 1 N–H and O–H groups in total. The Morgan fingerprint density at radius 2 is 1.95 bits per heavy atom. The van der Waals surface area contributed by atoms with Crippen molar-refractivity contribution < 1.29 is 4.79 Å². The summed E-state index contributed by atoms with van der Waals surface area (Å²) in [5, 5.41) is 3.32. The fraction of sp³-hybridized carbons (Fsp3) is 0.611. The quantitative estimate of drug-likeness (QED) is 0.796. The minimum absolute atomic E-state index is 0.221. The minimum atomic E-state index is 0.221. The molecule has 116 valence electrons. The molecule has 1 aliphatic carbocycles. The standard InChI is InChI=1S/C18H28N2O/c1-4-14(2)19-12-18(21)20(15(3)17-10-11-17)13-16-8-6-5-7-9-16/h5-9,14-15,17,19H,4,10-13H2,1-3H3. The van der Waals surface area contributed by atoms with Crippen molar-refractivity contribution in [2.45, 2.75) is 58.7 Å². The van der Waals surface area contributed by atoms with Crippen LogP contribution in [-0.2, 0) is 11.3 Å². The second-order valence-electron chi connectivity index (χ2n) is 6.28. The van der Waals surface area contributed by atoms with Gasteiger partial charge in [-0.15, -0.1) is 0 Å². The van der Waals surface area contributed by atoms with Crippen molar-refractivity contribution in [3.05, 3.63) is 35.9 Å². The van der Waals surface area contributed by atoms with Gasteiger partial charge in [0.05, 0.1) is 6.54 Å². The van der Waals surface area contributed by atoms with E-state index in [4.69, 9.17) is 0 Å². The number of carbonyl (C=O) groups is 1. The van der Waals surface area contributed by atoms with Crippen molar-refractivity contribution in [1.29, 1.82) is 0 Å². The Morgan fingerprint density at radius 1 is 1.29 bits per heavy atom. The van der Waals surface area contributed by atoms with Crippen molar-refractivity contribution in [2.24, 2.45) is 5.92 Å². The third kappa shape index (κ3) is 4.85. The molecule has 1 fully saturated rings. The first kappa shape index (κ1) is 16.0. The van der Waals surface area contributed by atoms with E-state index < -0.39 is 0 Å². The highest BCUT2D eigenvalue weighted by Gasteiger charge is 2.34. The van der Waals surface area contributed by atoms with E-state index in [-0.39, 0.29) is 5.91 Å². The summed E-state index contributed by atoms with van der Waals surface area (Å²) in [6.45, 7) is 7.62. The number of benzene rings is 1. The van der Waals surface area contributed by atoms with Crippen LogP contribution in [0.25, 0.3) is 0 Å². The van der Waals surface area contributed by atoms with Crippen LogP contribution in [0.4, 0.5) is 0 Å². The number of hydrogen-bond acceptors (Lipinski definition) is 2. The molecule has 0 aromatic heterocycles. The summed E-state index contributed by atoms with van der Waals surface area (Å²) in [7, 11) is 0. The van der Waals surface area contributed by atoms with Gasteiger partial charge in [-0.1, -0.05) is 37.3 Å². The number of nitrogens with zero attached hydrogens (tertiary/aromatic N) is 1. The Morgan fingerprint density at radius 3 is 2.52 bits per heavy atom. The molecule has 1 aromatic carbocycles. The Labute approximate surface area is 128 Å². The number of hydrogen-bond donors (Lipinski definition) is 1. The van der Waals surface area contributed by atoms with Crippen LogP contribution in [0.15, 0.2) is 30.3 Å². The predicted octanol–water partition coefficient (Wildman–Crippen LogP) is 3.20. The first-order chi connectivity index (χ1) is 10.1. The van der Waals surface area contributed by atoms with Crippen LogP contribution in [-0.4, -0.2) is 29.4 Å². The van der Waals surface area contributed by atoms with Crippen molar-refractivity contribution in [3.8, 4) is 0 Å². The normalized spacial score (nSPS) is 17.3. The van der Waals surface area contributed by atoms with Crippen LogP contribution in [0.2, 0.25) is 0 Å². The van der Waals surface area contributed by atoms with Crippen molar-refractivity contribution >= 4 is 5.91 Å². The third-order valence-electron chi connectivity index (χ3n) is 4.53. The highest BCUT2D eigenvalue weighted by atomic mass is 16.2. The molecular weight excluding hydrogens is 260 g/mol. The average Bonchev–Trinajstić information content (AvgIpc) is 3.35. The van der Waals surface area contributed by atoms with Gasteiger partial charge in [0.25, 0.3) is 0 Å². The molecule has 0 heterocycles. The van der Waals surface area contributed by atoms with Gasteiger partial charge in [0, 0.05) is 18.6 Å². The van der Waals surface area contributed by atoms with Crippen LogP contribution in [0.5, 0.6) is 0 Å². The highest BCUT2D eigenvalue weighted by molar-refractivity contribution is 5.78. The molecule has 1 amide bonds. The smallest absolute Gasteiger partial charge is 0.237 e. The van der Waals surface area contributed by atoms with Gasteiger partial charge in [-0.05, 0) is 44.6 Å². The SMILES string of the molecule is CCC(C)NCC(=O)N(Cc1ccccc1)C(C)C1CC1. The molecular formula is C18H28N2O. The molecule has 0 aliphatic heterocycles. The number of carbonyl (C=O) groups excluding carboxylic acids is 1. The van der Waals surface area contributed by atoms with Crippen molar-refractivity contribution in [2.75, 3.05) is 6.54 Å². The fourth-order valence-electron chi connectivity index (χ4n) is 2.58. The van der Waals surface area contributed by atoms with Gasteiger partial charge in [0.2, 0.25) is 5.91 Å². The lowest BCUT2D eigenvalue weighted by Crippen LogP contribution is -2.45. The maximum absolute atomic E-state index is 12.6. The largest absolute Gasteiger partial charge is 0.334 e. The van der Waals surface area contributed by atoms with E-state index in [0.717, 1.165) is 13.0 Å². The average molecular weight is 288 g/mol. The number of rotatable bonds is 8. The van der Waals surface area contributed by atoms with E-state index in [1.165, 1.54) is 18.4 Å². The first-order valence-corrected chi connectivity index (χ1v) is 8.18. The Hall–Kier alpha value is -1.35. The lowest BCUT2D eigenvalue weighted by atomic mass is 10.1. The zero-order valence-corrected chi connectivity index (χ0v) is 13.5. The van der Waals surface area contributed by atoms with Crippen LogP contribution < -0.4 is 5.32 Å². The van der Waals surface area contributed by atoms with Crippen molar-refractivity contribution in [3.63, 3.8) is 0 Å². The van der Waals surface area contributed by atoms with Crippen LogP contribution >= 0.6 is 0 Å². The predicted molar refractivity (Wildman–Crippen MR) is 86.9 cm³/mol. The van der Waals surface area contributed by atoms with Crippen LogP contribution in [0, 0.1) is 5.92 Å². The molecule has 3 nitrogen and oxygen atoms in total. The van der Waals surface area contributed by atoms with E-state index in [1.807, 2.05) is 18.2 Å². The summed E-state index contributed by atoms with van der Waals surface area (Å²) in [6, 6.07) is 11.0. The van der Waals surface area contributed by atoms with Gasteiger partial charge in [-0.3, -0.25) is 4.79 Å². The zero-order chi connectivity index (χ0) is 15.2. The Balaban J connectivity index is 1.99. The van der Waals surface area contributed by atoms with Crippen molar-refractivity contribution in [1.82, 2.24) is 10.2 Å². The molecule has 1 aromatic rings. The summed E-state index contributed by atoms with van der Waals surface area (Å²) in [4.78, 5) is 14.7. The summed E-state index contributed by atoms with van der Waals surface area (Å²) in [5.74, 6) is 0.916. The topological polar surface area (TPSA) is 32.3 Å².